The molecule has 5 nitrogen and oxygen atoms in total. The van der Waals surface area contributed by atoms with Crippen LogP contribution in [0.1, 0.15) is 55.6 Å². The molecule has 27 heavy (non-hydrogen) atoms. The molecule has 142 valence electrons. The van der Waals surface area contributed by atoms with Crippen LogP contribution in [0.15, 0.2) is 25.8 Å². The number of fused-ring (bicyclic) bond motifs is 4. The maximum atomic E-state index is 12.5. The summed E-state index contributed by atoms with van der Waals surface area (Å²) in [6, 6.07) is 4.02. The van der Waals surface area contributed by atoms with E-state index in [0.29, 0.717) is 17.6 Å². The van der Waals surface area contributed by atoms with Crippen LogP contribution in [0, 0.1) is 6.92 Å². The molecule has 0 unspecified atom stereocenters. The predicted octanol–water partition coefficient (Wildman–Crippen LogP) is 4.18. The third-order valence-electron chi connectivity index (χ3n) is 5.41. The molecule has 0 radical (unpaired) electrons. The molecule has 2 heterocycles. The number of carbonyl (C=O) groups is 1. The highest BCUT2D eigenvalue weighted by Crippen LogP contribution is 2.35. The normalized spacial score (nSPS) is 14.1. The number of furan rings is 1. The lowest BCUT2D eigenvalue weighted by atomic mass is 9.94. The number of hydrogen-bond acceptors (Lipinski definition) is 4. The van der Waals surface area contributed by atoms with Crippen LogP contribution in [0.25, 0.3) is 21.9 Å². The van der Waals surface area contributed by atoms with Crippen LogP contribution in [0.2, 0.25) is 0 Å². The number of rotatable bonds is 4. The van der Waals surface area contributed by atoms with Gasteiger partial charge in [-0.3, -0.25) is 4.79 Å². The Balaban J connectivity index is 1.76. The molecule has 1 aromatic carbocycles. The maximum Gasteiger partial charge on any atom is 0.339 e. The fourth-order valence-electron chi connectivity index (χ4n) is 4.07. The summed E-state index contributed by atoms with van der Waals surface area (Å²) in [6.07, 6.45) is 5.00. The van der Waals surface area contributed by atoms with E-state index in [1.54, 1.807) is 0 Å². The summed E-state index contributed by atoms with van der Waals surface area (Å²) in [7, 11) is 0. The highest BCUT2D eigenvalue weighted by atomic mass is 16.4. The average molecular weight is 367 g/mol. The largest absolute Gasteiger partial charge is 0.461 e. The van der Waals surface area contributed by atoms with Gasteiger partial charge in [-0.2, -0.15) is 0 Å². The van der Waals surface area contributed by atoms with Crippen molar-refractivity contribution < 1.29 is 13.6 Å². The van der Waals surface area contributed by atoms with Crippen molar-refractivity contribution in [3.05, 3.63) is 45.0 Å². The van der Waals surface area contributed by atoms with Gasteiger partial charge in [0.25, 0.3) is 0 Å². The summed E-state index contributed by atoms with van der Waals surface area (Å²) in [5.74, 6) is 1.01. The Hall–Kier alpha value is -2.56. The van der Waals surface area contributed by atoms with E-state index < -0.39 is 0 Å². The van der Waals surface area contributed by atoms with Gasteiger partial charge in [0.05, 0.1) is 0 Å². The summed E-state index contributed by atoms with van der Waals surface area (Å²) >= 11 is 0. The molecule has 5 heteroatoms. The molecule has 0 aliphatic heterocycles. The summed E-state index contributed by atoms with van der Waals surface area (Å²) in [5, 5.41) is 4.91. The van der Waals surface area contributed by atoms with E-state index >= 15 is 0 Å². The second-order valence-corrected chi connectivity index (χ2v) is 7.77. The fourth-order valence-corrected chi connectivity index (χ4v) is 4.07. The van der Waals surface area contributed by atoms with Gasteiger partial charge < -0.3 is 14.2 Å². The van der Waals surface area contributed by atoms with Gasteiger partial charge >= 0.3 is 5.63 Å². The van der Waals surface area contributed by atoms with Gasteiger partial charge in [-0.25, -0.2) is 4.79 Å². The minimum atomic E-state index is -0.368. The van der Waals surface area contributed by atoms with E-state index in [0.717, 1.165) is 46.9 Å². The highest BCUT2D eigenvalue weighted by molar-refractivity contribution is 5.97. The van der Waals surface area contributed by atoms with Gasteiger partial charge in [0.15, 0.2) is 0 Å². The number of benzene rings is 1. The molecule has 1 aliphatic rings. The van der Waals surface area contributed by atoms with Gasteiger partial charge in [-0.15, -0.1) is 0 Å². The molecule has 3 aromatic rings. The van der Waals surface area contributed by atoms with Crippen molar-refractivity contribution in [2.24, 2.45) is 0 Å². The van der Waals surface area contributed by atoms with E-state index in [-0.39, 0.29) is 24.0 Å². The number of hydrogen-bond donors (Lipinski definition) is 1. The Bertz CT molecular complexity index is 1090. The van der Waals surface area contributed by atoms with Crippen LogP contribution < -0.4 is 10.9 Å². The average Bonchev–Trinajstić information content (AvgIpc) is 2.97. The first-order chi connectivity index (χ1) is 12.9. The van der Waals surface area contributed by atoms with Crippen molar-refractivity contribution in [3.8, 4) is 0 Å². The lowest BCUT2D eigenvalue weighted by Crippen LogP contribution is -2.30. The lowest BCUT2D eigenvalue weighted by Gasteiger charge is -2.10. The lowest BCUT2D eigenvalue weighted by molar-refractivity contribution is -0.121. The first kappa shape index (κ1) is 17.8. The van der Waals surface area contributed by atoms with Crippen LogP contribution in [-0.4, -0.2) is 11.9 Å². The summed E-state index contributed by atoms with van der Waals surface area (Å²) in [6.45, 7) is 5.78. The van der Waals surface area contributed by atoms with E-state index in [9.17, 15) is 9.59 Å². The molecule has 1 N–H and O–H groups in total. The van der Waals surface area contributed by atoms with Crippen molar-refractivity contribution in [2.75, 3.05) is 0 Å². The zero-order chi connectivity index (χ0) is 19.1. The molecule has 1 aliphatic carbocycles. The molecular formula is C22H25NO4. The second-order valence-electron chi connectivity index (χ2n) is 7.77. The number of amides is 1. The first-order valence-corrected chi connectivity index (χ1v) is 9.74. The molecular weight excluding hydrogens is 342 g/mol. The molecule has 0 saturated carbocycles. The Morgan fingerprint density at radius 1 is 1.11 bits per heavy atom. The first-order valence-electron chi connectivity index (χ1n) is 9.74. The summed E-state index contributed by atoms with van der Waals surface area (Å²) in [4.78, 5) is 24.4. The Morgan fingerprint density at radius 2 is 1.85 bits per heavy atom. The zero-order valence-corrected chi connectivity index (χ0v) is 16.1. The summed E-state index contributed by atoms with van der Waals surface area (Å²) in [5.41, 5.74) is 3.74. The van der Waals surface area contributed by atoms with Crippen molar-refractivity contribution in [1.82, 2.24) is 5.32 Å². The number of carbonyl (C=O) groups excluding carboxylic acids is 1. The Labute approximate surface area is 157 Å². The third-order valence-corrected chi connectivity index (χ3v) is 5.41. The molecule has 0 spiro atoms. The smallest absolute Gasteiger partial charge is 0.339 e. The van der Waals surface area contributed by atoms with Crippen LogP contribution in [0.3, 0.4) is 0 Å². The molecule has 0 bridgehead atoms. The molecule has 0 fully saturated rings. The van der Waals surface area contributed by atoms with Crippen LogP contribution >= 0.6 is 0 Å². The number of nitrogens with one attached hydrogen (secondary N) is 1. The van der Waals surface area contributed by atoms with Gasteiger partial charge in [0, 0.05) is 46.8 Å². The summed E-state index contributed by atoms with van der Waals surface area (Å²) < 4.78 is 11.6. The standard InChI is InChI=1S/C22H25NO4/c1-12(2)23-21(24)9-8-14-13(3)16-10-17-15-6-4-5-7-18(15)26-20(17)11-19(16)27-22(14)25/h10-12H,4-9H2,1-3H3,(H,23,24). The second kappa shape index (κ2) is 6.87. The third kappa shape index (κ3) is 3.27. The molecule has 1 amide bonds. The quantitative estimate of drug-likeness (QED) is 0.702. The van der Waals surface area contributed by atoms with E-state index in [1.165, 1.54) is 12.0 Å². The van der Waals surface area contributed by atoms with Crippen molar-refractivity contribution in [3.63, 3.8) is 0 Å². The van der Waals surface area contributed by atoms with Crippen LogP contribution in [0.5, 0.6) is 0 Å². The van der Waals surface area contributed by atoms with Gasteiger partial charge in [-0.05, 0) is 58.1 Å². The van der Waals surface area contributed by atoms with Crippen LogP contribution in [-0.2, 0) is 24.1 Å². The van der Waals surface area contributed by atoms with E-state index in [2.05, 4.69) is 11.4 Å². The Kier molecular flexibility index (Phi) is 4.54. The number of aryl methyl sites for hydroxylation is 3. The Morgan fingerprint density at radius 3 is 2.63 bits per heavy atom. The van der Waals surface area contributed by atoms with Gasteiger partial charge in [0.2, 0.25) is 5.91 Å². The van der Waals surface area contributed by atoms with Gasteiger partial charge in [0.1, 0.15) is 16.9 Å². The monoisotopic (exact) mass is 367 g/mol. The fraction of sp³-hybridized carbons (Fsp3) is 0.455. The minimum absolute atomic E-state index is 0.0525. The van der Waals surface area contributed by atoms with E-state index in [1.807, 2.05) is 26.8 Å². The SMILES string of the molecule is Cc1c(CCC(=O)NC(C)C)c(=O)oc2cc3oc4c(c3cc12)CCCC4. The molecule has 0 atom stereocenters. The van der Waals surface area contributed by atoms with Crippen LogP contribution in [0.4, 0.5) is 0 Å². The van der Waals surface area contributed by atoms with Crippen molar-refractivity contribution in [2.45, 2.75) is 65.3 Å². The highest BCUT2D eigenvalue weighted by Gasteiger charge is 2.20. The molecule has 2 aromatic heterocycles. The predicted molar refractivity (Wildman–Crippen MR) is 105 cm³/mol. The van der Waals surface area contributed by atoms with E-state index in [4.69, 9.17) is 8.83 Å². The molecule has 0 saturated heterocycles. The topological polar surface area (TPSA) is 72.5 Å². The minimum Gasteiger partial charge on any atom is -0.461 e. The van der Waals surface area contributed by atoms with Gasteiger partial charge in [-0.1, -0.05) is 0 Å². The zero-order valence-electron chi connectivity index (χ0n) is 16.1. The maximum absolute atomic E-state index is 12.5. The van der Waals surface area contributed by atoms with Crippen molar-refractivity contribution in [1.29, 1.82) is 0 Å². The molecule has 4 rings (SSSR count). The van der Waals surface area contributed by atoms with Crippen molar-refractivity contribution >= 4 is 27.8 Å².